The van der Waals surface area contributed by atoms with E-state index in [-0.39, 0.29) is 24.7 Å². The minimum atomic E-state index is -1.12. The zero-order chi connectivity index (χ0) is 18.4. The van der Waals surface area contributed by atoms with Crippen molar-refractivity contribution in [1.82, 2.24) is 10.2 Å². The SMILES string of the molecule is CCN(CC)CCNC(=O)CC1(c2ccccc2)Oc2ccccc2O1.Cl. The topological polar surface area (TPSA) is 50.8 Å². The molecule has 5 nitrogen and oxygen atoms in total. The van der Waals surface area contributed by atoms with Gasteiger partial charge < -0.3 is 19.7 Å². The Morgan fingerprint density at radius 1 is 0.963 bits per heavy atom. The lowest BCUT2D eigenvalue weighted by molar-refractivity contribution is -0.138. The van der Waals surface area contributed by atoms with Gasteiger partial charge in [-0.3, -0.25) is 4.79 Å². The molecule has 3 rings (SSSR count). The van der Waals surface area contributed by atoms with Crippen LogP contribution in [0.2, 0.25) is 0 Å². The van der Waals surface area contributed by atoms with Crippen molar-refractivity contribution in [3.8, 4) is 11.5 Å². The van der Waals surface area contributed by atoms with Crippen molar-refractivity contribution in [2.75, 3.05) is 26.2 Å². The molecule has 1 aliphatic rings. The third kappa shape index (κ3) is 4.93. The van der Waals surface area contributed by atoms with Crippen LogP contribution in [0.1, 0.15) is 25.8 Å². The summed E-state index contributed by atoms with van der Waals surface area (Å²) in [5.41, 5.74) is 0.829. The van der Waals surface area contributed by atoms with E-state index in [1.807, 2.05) is 54.6 Å². The predicted molar refractivity (Wildman–Crippen MR) is 108 cm³/mol. The number of rotatable bonds is 8. The van der Waals surface area contributed by atoms with Crippen molar-refractivity contribution < 1.29 is 14.3 Å². The maximum absolute atomic E-state index is 12.6. The highest BCUT2D eigenvalue weighted by molar-refractivity contribution is 5.85. The Hall–Kier alpha value is -2.24. The number of amides is 1. The summed E-state index contributed by atoms with van der Waals surface area (Å²) < 4.78 is 12.3. The van der Waals surface area contributed by atoms with E-state index < -0.39 is 5.79 Å². The minimum Gasteiger partial charge on any atom is -0.444 e. The van der Waals surface area contributed by atoms with Crippen LogP contribution in [-0.4, -0.2) is 37.0 Å². The molecule has 2 aromatic carbocycles. The Bertz CT molecular complexity index is 710. The second-order valence-electron chi connectivity index (χ2n) is 6.32. The fourth-order valence-corrected chi connectivity index (χ4v) is 3.15. The summed E-state index contributed by atoms with van der Waals surface area (Å²) in [4.78, 5) is 14.9. The van der Waals surface area contributed by atoms with E-state index in [1.165, 1.54) is 0 Å². The number of carbonyl (C=O) groups excluding carboxylic acids is 1. The fourth-order valence-electron chi connectivity index (χ4n) is 3.15. The highest BCUT2D eigenvalue weighted by Gasteiger charge is 2.45. The quantitative estimate of drug-likeness (QED) is 0.748. The van der Waals surface area contributed by atoms with Gasteiger partial charge in [0.2, 0.25) is 5.91 Å². The van der Waals surface area contributed by atoms with Gasteiger partial charge in [0.1, 0.15) is 6.42 Å². The van der Waals surface area contributed by atoms with E-state index in [9.17, 15) is 4.79 Å². The molecule has 0 radical (unpaired) electrons. The normalized spacial score (nSPS) is 13.9. The monoisotopic (exact) mass is 390 g/mol. The van der Waals surface area contributed by atoms with Crippen LogP contribution in [0.5, 0.6) is 11.5 Å². The smallest absolute Gasteiger partial charge is 0.287 e. The maximum atomic E-state index is 12.6. The summed E-state index contributed by atoms with van der Waals surface area (Å²) in [7, 11) is 0. The molecule has 27 heavy (non-hydrogen) atoms. The lowest BCUT2D eigenvalue weighted by atomic mass is 10.0. The number of fused-ring (bicyclic) bond motifs is 1. The largest absolute Gasteiger partial charge is 0.444 e. The van der Waals surface area contributed by atoms with Gasteiger partial charge in [-0.25, -0.2) is 0 Å². The molecular formula is C21H27ClN2O3. The van der Waals surface area contributed by atoms with Gasteiger partial charge in [0, 0.05) is 18.7 Å². The van der Waals surface area contributed by atoms with E-state index in [2.05, 4.69) is 24.1 Å². The summed E-state index contributed by atoms with van der Waals surface area (Å²) in [6.45, 7) is 7.63. The summed E-state index contributed by atoms with van der Waals surface area (Å²) in [6, 6.07) is 17.1. The first-order valence-corrected chi connectivity index (χ1v) is 9.18. The average molecular weight is 391 g/mol. The van der Waals surface area contributed by atoms with Gasteiger partial charge in [-0.15, -0.1) is 12.4 Å². The number of benzene rings is 2. The van der Waals surface area contributed by atoms with Crippen LogP contribution in [0.3, 0.4) is 0 Å². The number of likely N-dealkylation sites (N-methyl/N-ethyl adjacent to an activating group) is 1. The van der Waals surface area contributed by atoms with Crippen molar-refractivity contribution >= 4 is 18.3 Å². The molecule has 0 unspecified atom stereocenters. The molecule has 1 heterocycles. The van der Waals surface area contributed by atoms with Crippen molar-refractivity contribution in [3.05, 3.63) is 60.2 Å². The van der Waals surface area contributed by atoms with Gasteiger partial charge in [0.25, 0.3) is 5.79 Å². The number of carbonyl (C=O) groups is 1. The minimum absolute atomic E-state index is 0. The van der Waals surface area contributed by atoms with E-state index in [0.717, 1.165) is 25.2 Å². The van der Waals surface area contributed by atoms with E-state index >= 15 is 0 Å². The average Bonchev–Trinajstić information content (AvgIpc) is 3.05. The zero-order valence-corrected chi connectivity index (χ0v) is 16.6. The molecule has 1 aliphatic heterocycles. The molecule has 6 heteroatoms. The number of nitrogens with one attached hydrogen (secondary N) is 1. The van der Waals surface area contributed by atoms with Crippen LogP contribution >= 0.6 is 12.4 Å². The molecule has 146 valence electrons. The van der Waals surface area contributed by atoms with E-state index in [0.29, 0.717) is 18.0 Å². The molecule has 0 fully saturated rings. The molecule has 0 saturated heterocycles. The molecule has 0 saturated carbocycles. The molecule has 0 aromatic heterocycles. The Balaban J connectivity index is 0.00000261. The molecule has 1 N–H and O–H groups in total. The standard InChI is InChI=1S/C21H26N2O3.ClH/c1-3-23(4-2)15-14-22-20(24)16-21(17-10-6-5-7-11-17)25-18-12-8-9-13-19(18)26-21;/h5-13H,3-4,14-16H2,1-2H3,(H,22,24);1H. The van der Waals surface area contributed by atoms with Gasteiger partial charge in [-0.2, -0.15) is 0 Å². The molecular weight excluding hydrogens is 364 g/mol. The van der Waals surface area contributed by atoms with Crippen molar-refractivity contribution in [3.63, 3.8) is 0 Å². The van der Waals surface area contributed by atoms with Gasteiger partial charge in [-0.05, 0) is 25.2 Å². The van der Waals surface area contributed by atoms with Crippen LogP contribution in [0.4, 0.5) is 0 Å². The van der Waals surface area contributed by atoms with E-state index in [4.69, 9.17) is 9.47 Å². The van der Waals surface area contributed by atoms with Gasteiger partial charge in [0.15, 0.2) is 11.5 Å². The first-order valence-electron chi connectivity index (χ1n) is 9.18. The first kappa shape index (κ1) is 21.1. The molecule has 0 aliphatic carbocycles. The Kier molecular flexibility index (Phi) is 7.51. The highest BCUT2D eigenvalue weighted by Crippen LogP contribution is 2.45. The number of hydrogen-bond donors (Lipinski definition) is 1. The third-order valence-electron chi connectivity index (χ3n) is 4.65. The Labute approximate surface area is 167 Å². The molecule has 0 spiro atoms. The fraction of sp³-hybridized carbons (Fsp3) is 0.381. The Morgan fingerprint density at radius 3 is 2.07 bits per heavy atom. The number of ether oxygens (including phenoxy) is 2. The lowest BCUT2D eigenvalue weighted by Crippen LogP contribution is -2.43. The first-order chi connectivity index (χ1) is 12.7. The second-order valence-corrected chi connectivity index (χ2v) is 6.32. The van der Waals surface area contributed by atoms with Crippen LogP contribution in [-0.2, 0) is 10.6 Å². The van der Waals surface area contributed by atoms with Crippen molar-refractivity contribution in [1.29, 1.82) is 0 Å². The number of hydrogen-bond acceptors (Lipinski definition) is 4. The molecule has 0 atom stereocenters. The molecule has 2 aromatic rings. The summed E-state index contributed by atoms with van der Waals surface area (Å²) in [5, 5.41) is 2.99. The lowest BCUT2D eigenvalue weighted by Gasteiger charge is -2.28. The van der Waals surface area contributed by atoms with Crippen LogP contribution < -0.4 is 14.8 Å². The Morgan fingerprint density at radius 2 is 1.52 bits per heavy atom. The summed E-state index contributed by atoms with van der Waals surface area (Å²) in [6.07, 6.45) is 0.101. The highest BCUT2D eigenvalue weighted by atomic mass is 35.5. The van der Waals surface area contributed by atoms with Crippen molar-refractivity contribution in [2.24, 2.45) is 0 Å². The summed E-state index contributed by atoms with van der Waals surface area (Å²) in [5.74, 6) is 0.109. The summed E-state index contributed by atoms with van der Waals surface area (Å²) >= 11 is 0. The number of halogens is 1. The third-order valence-corrected chi connectivity index (χ3v) is 4.65. The number of nitrogens with zero attached hydrogens (tertiary/aromatic N) is 1. The molecule has 0 bridgehead atoms. The van der Waals surface area contributed by atoms with Crippen LogP contribution in [0.25, 0.3) is 0 Å². The molecule has 1 amide bonds. The van der Waals surface area contributed by atoms with Crippen LogP contribution in [0.15, 0.2) is 54.6 Å². The predicted octanol–water partition coefficient (Wildman–Crippen LogP) is 3.58. The maximum Gasteiger partial charge on any atom is 0.287 e. The van der Waals surface area contributed by atoms with Crippen LogP contribution in [0, 0.1) is 0 Å². The number of para-hydroxylation sites is 2. The zero-order valence-electron chi connectivity index (χ0n) is 15.8. The second kappa shape index (κ2) is 9.62. The van der Waals surface area contributed by atoms with Gasteiger partial charge >= 0.3 is 0 Å². The van der Waals surface area contributed by atoms with Gasteiger partial charge in [-0.1, -0.05) is 56.3 Å². The van der Waals surface area contributed by atoms with E-state index in [1.54, 1.807) is 0 Å². The van der Waals surface area contributed by atoms with Gasteiger partial charge in [0.05, 0.1) is 0 Å². The van der Waals surface area contributed by atoms with Crippen molar-refractivity contribution in [2.45, 2.75) is 26.1 Å².